The summed E-state index contributed by atoms with van der Waals surface area (Å²) >= 11 is 0. The molecule has 0 bridgehead atoms. The Labute approximate surface area is 129 Å². The van der Waals surface area contributed by atoms with E-state index in [1.54, 1.807) is 6.20 Å². The number of hydrogen-bond donors (Lipinski definition) is 1. The fourth-order valence-corrected chi connectivity index (χ4v) is 4.43. The van der Waals surface area contributed by atoms with Gasteiger partial charge in [-0.25, -0.2) is 4.98 Å². The van der Waals surface area contributed by atoms with Crippen LogP contribution in [-0.4, -0.2) is 24.9 Å². The highest BCUT2D eigenvalue weighted by Crippen LogP contribution is 2.43. The van der Waals surface area contributed by atoms with Crippen LogP contribution in [0.4, 0.5) is 5.82 Å². The first-order valence-corrected chi connectivity index (χ1v) is 10.7. The Kier molecular flexibility index (Phi) is 5.14. The van der Waals surface area contributed by atoms with Crippen molar-refractivity contribution < 1.29 is 4.57 Å². The Hall–Kier alpha value is -0.820. The van der Waals surface area contributed by atoms with Crippen LogP contribution in [0.1, 0.15) is 46.0 Å². The van der Waals surface area contributed by atoms with Crippen molar-refractivity contribution in [2.24, 2.45) is 11.3 Å². The monoisotopic (exact) mass is 308 g/mol. The fourth-order valence-electron chi connectivity index (χ4n) is 3.57. The Morgan fingerprint density at radius 3 is 2.57 bits per heavy atom. The average Bonchev–Trinajstić information content (AvgIpc) is 2.84. The highest BCUT2D eigenvalue weighted by molar-refractivity contribution is 7.70. The van der Waals surface area contributed by atoms with Crippen LogP contribution in [0.2, 0.25) is 0 Å². The molecule has 2 rings (SSSR count). The lowest BCUT2D eigenvalue weighted by molar-refractivity contribution is 0.252. The van der Waals surface area contributed by atoms with Gasteiger partial charge in [0.05, 0.1) is 0 Å². The predicted molar refractivity (Wildman–Crippen MR) is 92.2 cm³/mol. The SMILES string of the molecule is CC(C)CC1(CNc2cc(P(C)(C)=O)ccn2)CCCC1. The lowest BCUT2D eigenvalue weighted by atomic mass is 9.78. The van der Waals surface area contributed by atoms with Crippen LogP contribution < -0.4 is 10.6 Å². The lowest BCUT2D eigenvalue weighted by Gasteiger charge is -2.31. The molecule has 0 unspecified atom stereocenters. The summed E-state index contributed by atoms with van der Waals surface area (Å²) in [6.45, 7) is 9.22. The number of nitrogens with one attached hydrogen (secondary N) is 1. The number of aromatic nitrogens is 1. The van der Waals surface area contributed by atoms with E-state index in [9.17, 15) is 4.57 Å². The number of hydrogen-bond acceptors (Lipinski definition) is 3. The zero-order valence-corrected chi connectivity index (χ0v) is 14.7. The third kappa shape index (κ3) is 4.57. The highest BCUT2D eigenvalue weighted by Gasteiger charge is 2.34. The maximum atomic E-state index is 12.2. The van der Waals surface area contributed by atoms with Gasteiger partial charge in [-0.2, -0.15) is 0 Å². The molecule has 21 heavy (non-hydrogen) atoms. The van der Waals surface area contributed by atoms with Crippen LogP contribution in [0, 0.1) is 11.3 Å². The molecule has 1 N–H and O–H groups in total. The summed E-state index contributed by atoms with van der Waals surface area (Å²) in [4.78, 5) is 4.39. The number of nitrogens with zero attached hydrogens (tertiary/aromatic N) is 1. The van der Waals surface area contributed by atoms with Crippen LogP contribution in [0.3, 0.4) is 0 Å². The molecule has 0 amide bonds. The average molecular weight is 308 g/mol. The Bertz CT molecular complexity index is 515. The van der Waals surface area contributed by atoms with Crippen molar-refractivity contribution in [1.82, 2.24) is 4.98 Å². The van der Waals surface area contributed by atoms with Crippen LogP contribution >= 0.6 is 7.14 Å². The minimum absolute atomic E-state index is 0.425. The molecule has 1 aromatic heterocycles. The van der Waals surface area contributed by atoms with Gasteiger partial charge in [-0.3, -0.25) is 0 Å². The number of rotatable bonds is 6. The lowest BCUT2D eigenvalue weighted by Crippen LogP contribution is -2.29. The molecule has 1 aliphatic rings. The van der Waals surface area contributed by atoms with E-state index in [-0.39, 0.29) is 0 Å². The zero-order valence-electron chi connectivity index (χ0n) is 13.9. The van der Waals surface area contributed by atoms with Gasteiger partial charge in [0.2, 0.25) is 0 Å². The van der Waals surface area contributed by atoms with Gasteiger partial charge in [0.15, 0.2) is 0 Å². The van der Waals surface area contributed by atoms with E-state index in [2.05, 4.69) is 24.1 Å². The predicted octanol–water partition coefficient (Wildman–Crippen LogP) is 4.35. The van der Waals surface area contributed by atoms with Crippen molar-refractivity contribution in [2.75, 3.05) is 25.2 Å². The van der Waals surface area contributed by atoms with Gasteiger partial charge in [0, 0.05) is 18.0 Å². The highest BCUT2D eigenvalue weighted by atomic mass is 31.2. The summed E-state index contributed by atoms with van der Waals surface area (Å²) < 4.78 is 12.2. The molecule has 0 saturated heterocycles. The summed E-state index contributed by atoms with van der Waals surface area (Å²) in [5.74, 6) is 1.60. The summed E-state index contributed by atoms with van der Waals surface area (Å²) in [6.07, 6.45) is 8.37. The van der Waals surface area contributed by atoms with Crippen molar-refractivity contribution >= 4 is 18.3 Å². The number of pyridine rings is 1. The molecule has 1 aromatic rings. The molecule has 0 spiro atoms. The standard InChI is InChI=1S/C17H29N2OP/c1-14(2)12-17(8-5-6-9-17)13-19-16-11-15(7-10-18-16)21(3,4)20/h7,10-11,14H,5-6,8-9,12-13H2,1-4H3,(H,18,19). The van der Waals surface area contributed by atoms with Crippen molar-refractivity contribution in [1.29, 1.82) is 0 Å². The molecule has 1 fully saturated rings. The van der Waals surface area contributed by atoms with Gasteiger partial charge in [-0.1, -0.05) is 26.7 Å². The van der Waals surface area contributed by atoms with Crippen LogP contribution in [0.5, 0.6) is 0 Å². The van der Waals surface area contributed by atoms with E-state index < -0.39 is 7.14 Å². The summed E-state index contributed by atoms with van der Waals surface area (Å²) in [7, 11) is -2.21. The van der Waals surface area contributed by atoms with E-state index >= 15 is 0 Å². The molecule has 1 aliphatic carbocycles. The normalized spacial score (nSPS) is 18.1. The van der Waals surface area contributed by atoms with Crippen molar-refractivity contribution in [2.45, 2.75) is 46.0 Å². The quantitative estimate of drug-likeness (QED) is 0.795. The third-order valence-electron chi connectivity index (χ3n) is 4.52. The summed E-state index contributed by atoms with van der Waals surface area (Å²) in [5.41, 5.74) is 0.425. The van der Waals surface area contributed by atoms with E-state index in [1.165, 1.54) is 32.1 Å². The van der Waals surface area contributed by atoms with E-state index in [0.29, 0.717) is 5.41 Å². The molecular formula is C17H29N2OP. The van der Waals surface area contributed by atoms with Crippen LogP contribution in [-0.2, 0) is 4.57 Å². The number of anilines is 1. The van der Waals surface area contributed by atoms with Gasteiger partial charge < -0.3 is 9.88 Å². The maximum absolute atomic E-state index is 12.2. The van der Waals surface area contributed by atoms with E-state index in [0.717, 1.165) is 23.6 Å². The van der Waals surface area contributed by atoms with Gasteiger partial charge in [0.25, 0.3) is 0 Å². The van der Waals surface area contributed by atoms with Gasteiger partial charge >= 0.3 is 0 Å². The van der Waals surface area contributed by atoms with Crippen molar-refractivity contribution in [3.63, 3.8) is 0 Å². The first-order valence-electron chi connectivity index (χ1n) is 8.06. The maximum Gasteiger partial charge on any atom is 0.126 e. The molecule has 0 aromatic carbocycles. The second-order valence-corrected chi connectivity index (χ2v) is 10.6. The van der Waals surface area contributed by atoms with E-state index in [4.69, 9.17) is 0 Å². The van der Waals surface area contributed by atoms with E-state index in [1.807, 2.05) is 25.5 Å². The topological polar surface area (TPSA) is 42.0 Å². The molecule has 4 heteroatoms. The smallest absolute Gasteiger partial charge is 0.126 e. The Balaban J connectivity index is 2.06. The third-order valence-corrected chi connectivity index (χ3v) is 6.04. The second kappa shape index (κ2) is 6.52. The molecule has 0 radical (unpaired) electrons. The summed E-state index contributed by atoms with van der Waals surface area (Å²) in [5, 5.41) is 4.42. The molecule has 118 valence electrons. The Morgan fingerprint density at radius 1 is 1.33 bits per heavy atom. The van der Waals surface area contributed by atoms with Gasteiger partial charge in [0.1, 0.15) is 13.0 Å². The molecule has 1 saturated carbocycles. The van der Waals surface area contributed by atoms with Gasteiger partial charge in [-0.05, 0) is 56.1 Å². The molecular weight excluding hydrogens is 279 g/mol. The first-order chi connectivity index (χ1) is 9.81. The fraction of sp³-hybridized carbons (Fsp3) is 0.706. The molecule has 3 nitrogen and oxygen atoms in total. The second-order valence-electron chi connectivity index (χ2n) is 7.41. The minimum Gasteiger partial charge on any atom is -0.369 e. The molecule has 0 aliphatic heterocycles. The van der Waals surface area contributed by atoms with Crippen LogP contribution in [0.15, 0.2) is 18.3 Å². The summed E-state index contributed by atoms with van der Waals surface area (Å²) in [6, 6.07) is 3.82. The van der Waals surface area contributed by atoms with Crippen molar-refractivity contribution in [3.8, 4) is 0 Å². The van der Waals surface area contributed by atoms with Crippen molar-refractivity contribution in [3.05, 3.63) is 18.3 Å². The minimum atomic E-state index is -2.21. The zero-order chi connectivity index (χ0) is 15.5. The Morgan fingerprint density at radius 2 is 2.00 bits per heavy atom. The van der Waals surface area contributed by atoms with Gasteiger partial charge in [-0.15, -0.1) is 0 Å². The largest absolute Gasteiger partial charge is 0.369 e. The molecule has 1 heterocycles. The molecule has 0 atom stereocenters. The first kappa shape index (κ1) is 16.5. The van der Waals surface area contributed by atoms with Crippen LogP contribution in [0.25, 0.3) is 0 Å².